The molecule has 0 aromatic heterocycles. The van der Waals surface area contributed by atoms with E-state index < -0.39 is 17.7 Å². The Labute approximate surface area is 148 Å². The first-order chi connectivity index (χ1) is 12.2. The summed E-state index contributed by atoms with van der Waals surface area (Å²) in [7, 11) is 0. The van der Waals surface area contributed by atoms with Crippen LogP contribution in [0.5, 0.6) is 0 Å². The number of hydrogen-bond donors (Lipinski definition) is 3. The molecular formula is C20H24N2O3. The van der Waals surface area contributed by atoms with Gasteiger partial charge in [-0.3, -0.25) is 14.8 Å². The zero-order valence-electron chi connectivity index (χ0n) is 14.2. The lowest BCUT2D eigenvalue weighted by Gasteiger charge is -2.15. The highest BCUT2D eigenvalue weighted by molar-refractivity contribution is 6.05. The summed E-state index contributed by atoms with van der Waals surface area (Å²) in [5.41, 5.74) is 3.44. The van der Waals surface area contributed by atoms with Crippen molar-refractivity contribution in [1.82, 2.24) is 10.8 Å². The molecule has 25 heavy (non-hydrogen) atoms. The van der Waals surface area contributed by atoms with E-state index >= 15 is 0 Å². The molecule has 0 bridgehead atoms. The summed E-state index contributed by atoms with van der Waals surface area (Å²) in [5.74, 6) is -2.18. The topological polar surface area (TPSA) is 78.4 Å². The number of hydroxylamine groups is 1. The Balaban J connectivity index is 1.74. The van der Waals surface area contributed by atoms with E-state index in [2.05, 4.69) is 17.4 Å². The van der Waals surface area contributed by atoms with Crippen LogP contribution in [0.25, 0.3) is 0 Å². The summed E-state index contributed by atoms with van der Waals surface area (Å²) in [4.78, 5) is 24.1. The molecule has 0 aliphatic rings. The van der Waals surface area contributed by atoms with E-state index in [4.69, 9.17) is 5.21 Å². The number of unbranched alkanes of at least 4 members (excludes halogenated alkanes) is 2. The maximum absolute atomic E-state index is 12.3. The summed E-state index contributed by atoms with van der Waals surface area (Å²) >= 11 is 0. The van der Waals surface area contributed by atoms with Crippen LogP contribution in [0, 0.1) is 0 Å². The minimum Gasteiger partial charge on any atom is -0.355 e. The third kappa shape index (κ3) is 6.04. The van der Waals surface area contributed by atoms with Crippen molar-refractivity contribution in [3.05, 3.63) is 71.8 Å². The van der Waals surface area contributed by atoms with Crippen molar-refractivity contribution < 1.29 is 14.8 Å². The first-order valence-corrected chi connectivity index (χ1v) is 8.53. The van der Waals surface area contributed by atoms with Gasteiger partial charge in [0, 0.05) is 6.54 Å². The Hall–Kier alpha value is -2.66. The lowest BCUT2D eigenvalue weighted by Crippen LogP contribution is -2.39. The summed E-state index contributed by atoms with van der Waals surface area (Å²) in [5, 5.41) is 11.7. The van der Waals surface area contributed by atoms with Crippen molar-refractivity contribution in [1.29, 1.82) is 0 Å². The number of benzene rings is 2. The van der Waals surface area contributed by atoms with Crippen LogP contribution >= 0.6 is 0 Å². The Bertz CT molecular complexity index is 659. The van der Waals surface area contributed by atoms with Gasteiger partial charge in [0.1, 0.15) is 5.92 Å². The molecule has 2 aromatic rings. The van der Waals surface area contributed by atoms with Gasteiger partial charge < -0.3 is 5.32 Å². The largest absolute Gasteiger partial charge is 0.355 e. The Morgan fingerprint density at radius 2 is 1.48 bits per heavy atom. The number of hydrogen-bond acceptors (Lipinski definition) is 3. The van der Waals surface area contributed by atoms with Gasteiger partial charge in [-0.1, -0.05) is 67.1 Å². The standard InChI is InChI=1S/C20H24N2O3/c23-19(18(20(24)22-25)17-13-7-2-8-14-17)21-15-9-3-6-12-16-10-4-1-5-11-16/h1-2,4-5,7-8,10-11,13-14,18,25H,3,6,9,12,15H2,(H,21,23)(H,22,24). The van der Waals surface area contributed by atoms with Crippen molar-refractivity contribution in [3.8, 4) is 0 Å². The van der Waals surface area contributed by atoms with Crippen LogP contribution < -0.4 is 10.8 Å². The number of carbonyl (C=O) groups is 2. The molecule has 0 spiro atoms. The third-order valence-corrected chi connectivity index (χ3v) is 4.05. The van der Waals surface area contributed by atoms with Gasteiger partial charge in [0.25, 0.3) is 5.91 Å². The van der Waals surface area contributed by atoms with Crippen LogP contribution in [-0.2, 0) is 16.0 Å². The summed E-state index contributed by atoms with van der Waals surface area (Å²) in [6.07, 6.45) is 3.92. The average Bonchev–Trinajstić information content (AvgIpc) is 2.66. The van der Waals surface area contributed by atoms with Crippen molar-refractivity contribution in [3.63, 3.8) is 0 Å². The summed E-state index contributed by atoms with van der Waals surface area (Å²) in [6, 6.07) is 19.0. The molecule has 0 saturated heterocycles. The van der Waals surface area contributed by atoms with Crippen molar-refractivity contribution in [2.75, 3.05) is 6.54 Å². The van der Waals surface area contributed by atoms with Crippen LogP contribution in [0.3, 0.4) is 0 Å². The van der Waals surface area contributed by atoms with Gasteiger partial charge in [0.2, 0.25) is 5.91 Å². The molecule has 0 saturated carbocycles. The summed E-state index contributed by atoms with van der Waals surface area (Å²) in [6.45, 7) is 0.510. The van der Waals surface area contributed by atoms with Gasteiger partial charge in [-0.15, -0.1) is 0 Å². The minimum absolute atomic E-state index is 0.402. The second-order valence-corrected chi connectivity index (χ2v) is 5.91. The molecule has 1 unspecified atom stereocenters. The fourth-order valence-electron chi connectivity index (χ4n) is 2.72. The molecule has 0 heterocycles. The molecule has 5 nitrogen and oxygen atoms in total. The van der Waals surface area contributed by atoms with E-state index in [0.29, 0.717) is 12.1 Å². The van der Waals surface area contributed by atoms with Crippen LogP contribution in [0.2, 0.25) is 0 Å². The zero-order chi connectivity index (χ0) is 17.9. The van der Waals surface area contributed by atoms with Gasteiger partial charge in [-0.05, 0) is 30.4 Å². The molecule has 0 fully saturated rings. The molecule has 0 aliphatic heterocycles. The van der Waals surface area contributed by atoms with Crippen molar-refractivity contribution in [2.45, 2.75) is 31.6 Å². The van der Waals surface area contributed by atoms with Crippen molar-refractivity contribution in [2.24, 2.45) is 0 Å². The van der Waals surface area contributed by atoms with Gasteiger partial charge in [0.05, 0.1) is 0 Å². The fraction of sp³-hybridized carbons (Fsp3) is 0.300. The first-order valence-electron chi connectivity index (χ1n) is 8.53. The Kier molecular flexibility index (Phi) is 7.66. The molecule has 2 amide bonds. The van der Waals surface area contributed by atoms with E-state index in [-0.39, 0.29) is 0 Å². The number of nitrogens with one attached hydrogen (secondary N) is 2. The predicted molar refractivity (Wildman–Crippen MR) is 96.1 cm³/mol. The highest BCUT2D eigenvalue weighted by Crippen LogP contribution is 2.16. The van der Waals surface area contributed by atoms with Crippen LogP contribution in [-0.4, -0.2) is 23.6 Å². The fourth-order valence-corrected chi connectivity index (χ4v) is 2.72. The first kappa shape index (κ1) is 18.7. The van der Waals surface area contributed by atoms with Gasteiger partial charge in [0.15, 0.2) is 0 Å². The number of rotatable bonds is 9. The maximum Gasteiger partial charge on any atom is 0.260 e. The maximum atomic E-state index is 12.3. The van der Waals surface area contributed by atoms with Crippen LogP contribution in [0.1, 0.15) is 36.3 Å². The lowest BCUT2D eigenvalue weighted by molar-refractivity contribution is -0.137. The average molecular weight is 340 g/mol. The monoisotopic (exact) mass is 340 g/mol. The number of aryl methyl sites for hydroxylation is 1. The number of carbonyl (C=O) groups excluding carboxylic acids is 2. The molecule has 2 aromatic carbocycles. The van der Waals surface area contributed by atoms with Crippen molar-refractivity contribution >= 4 is 11.8 Å². The van der Waals surface area contributed by atoms with E-state index in [1.807, 2.05) is 24.3 Å². The second-order valence-electron chi connectivity index (χ2n) is 5.91. The molecule has 3 N–H and O–H groups in total. The van der Waals surface area contributed by atoms with E-state index in [1.54, 1.807) is 29.7 Å². The zero-order valence-corrected chi connectivity index (χ0v) is 14.2. The Morgan fingerprint density at radius 3 is 2.12 bits per heavy atom. The van der Waals surface area contributed by atoms with Crippen LogP contribution in [0.15, 0.2) is 60.7 Å². The van der Waals surface area contributed by atoms with Gasteiger partial charge in [-0.2, -0.15) is 0 Å². The van der Waals surface area contributed by atoms with Gasteiger partial charge >= 0.3 is 0 Å². The Morgan fingerprint density at radius 1 is 0.840 bits per heavy atom. The van der Waals surface area contributed by atoms with E-state index in [0.717, 1.165) is 25.7 Å². The number of amides is 2. The quantitative estimate of drug-likeness (QED) is 0.284. The third-order valence-electron chi connectivity index (χ3n) is 4.05. The molecule has 5 heteroatoms. The molecule has 2 rings (SSSR count). The molecule has 132 valence electrons. The highest BCUT2D eigenvalue weighted by atomic mass is 16.5. The minimum atomic E-state index is -1.05. The normalized spacial score (nSPS) is 11.6. The van der Waals surface area contributed by atoms with Crippen LogP contribution in [0.4, 0.5) is 0 Å². The highest BCUT2D eigenvalue weighted by Gasteiger charge is 2.27. The summed E-state index contributed by atoms with van der Waals surface area (Å²) < 4.78 is 0. The SMILES string of the molecule is O=C(NO)C(C(=O)NCCCCCc1ccccc1)c1ccccc1. The molecule has 1 atom stereocenters. The predicted octanol–water partition coefficient (Wildman–Crippen LogP) is 2.80. The van der Waals surface area contributed by atoms with Gasteiger partial charge in [-0.25, -0.2) is 5.48 Å². The lowest BCUT2D eigenvalue weighted by atomic mass is 9.97. The molecular weight excluding hydrogens is 316 g/mol. The molecule has 0 aliphatic carbocycles. The smallest absolute Gasteiger partial charge is 0.260 e. The second kappa shape index (κ2) is 10.3. The molecule has 0 radical (unpaired) electrons. The van der Waals surface area contributed by atoms with E-state index in [9.17, 15) is 9.59 Å². The van der Waals surface area contributed by atoms with E-state index in [1.165, 1.54) is 5.56 Å².